The molecule has 0 aromatic rings. The van der Waals surface area contributed by atoms with E-state index in [4.69, 9.17) is 4.65 Å². The first-order chi connectivity index (χ1) is 10.6. The second-order valence-corrected chi connectivity index (χ2v) is 5.35. The molecular weight excluding hydrogens is 307 g/mol. The van der Waals surface area contributed by atoms with Crippen LogP contribution in [0.5, 0.6) is 0 Å². The summed E-state index contributed by atoms with van der Waals surface area (Å²) in [5.41, 5.74) is 0. The van der Waals surface area contributed by atoms with Gasteiger partial charge in [0, 0.05) is 12.4 Å². The Labute approximate surface area is 136 Å². The average Bonchev–Trinajstić information content (AvgIpc) is 2.43. The van der Waals surface area contributed by atoms with E-state index in [0.29, 0.717) is 0 Å². The molecule has 0 heterocycles. The smallest absolute Gasteiger partial charge is 0.458 e. The molecule has 23 heavy (non-hydrogen) atoms. The van der Waals surface area contributed by atoms with Crippen molar-refractivity contribution in [2.45, 2.75) is 58.4 Å². The maximum atomic E-state index is 11.5. The molecule has 0 aliphatic rings. The van der Waals surface area contributed by atoms with Gasteiger partial charge in [-0.1, -0.05) is 12.2 Å². The molecule has 0 radical (unpaired) electrons. The van der Waals surface area contributed by atoms with Crippen molar-refractivity contribution in [1.82, 2.24) is 0 Å². The van der Waals surface area contributed by atoms with Crippen LogP contribution in [0.2, 0.25) is 6.32 Å². The largest absolute Gasteiger partial charge is 0.461 e. The lowest BCUT2D eigenvalue weighted by Gasteiger charge is -2.16. The number of rotatable bonds is 10. The van der Waals surface area contributed by atoms with E-state index in [2.05, 4.69) is 9.47 Å². The van der Waals surface area contributed by atoms with Gasteiger partial charge in [-0.05, 0) is 27.7 Å². The summed E-state index contributed by atoms with van der Waals surface area (Å²) in [4.78, 5) is 22.8. The predicted octanol–water partition coefficient (Wildman–Crippen LogP) is -0.335. The zero-order valence-corrected chi connectivity index (χ0v) is 13.8. The van der Waals surface area contributed by atoms with Gasteiger partial charge in [-0.3, -0.25) is 0 Å². The van der Waals surface area contributed by atoms with Crippen molar-refractivity contribution in [2.24, 2.45) is 0 Å². The Morgan fingerprint density at radius 2 is 1.57 bits per heavy atom. The number of hydrogen-bond acceptors (Lipinski definition) is 8. The Bertz CT molecular complexity index is 396. The summed E-state index contributed by atoms with van der Waals surface area (Å²) in [7, 11) is -0.958. The normalized spacial score (nSPS) is 14.1. The fourth-order valence-electron chi connectivity index (χ4n) is 1.43. The van der Waals surface area contributed by atoms with Crippen LogP contribution >= 0.6 is 0 Å². The SMILES string of the molecule is CC(C)OB(O)CC=CCOC(=O)[C@H](O)[C@@H](O)C(=O)OC(C)C. The van der Waals surface area contributed by atoms with E-state index < -0.39 is 37.4 Å². The number of hydrogen-bond donors (Lipinski definition) is 3. The van der Waals surface area contributed by atoms with Crippen LogP contribution in [0.15, 0.2) is 12.2 Å². The van der Waals surface area contributed by atoms with Gasteiger partial charge >= 0.3 is 19.1 Å². The Kier molecular flexibility index (Phi) is 10.5. The van der Waals surface area contributed by atoms with Crippen LogP contribution in [0.4, 0.5) is 0 Å². The van der Waals surface area contributed by atoms with Crippen molar-refractivity contribution in [1.29, 1.82) is 0 Å². The van der Waals surface area contributed by atoms with Gasteiger partial charge in [-0.25, -0.2) is 9.59 Å². The summed E-state index contributed by atoms with van der Waals surface area (Å²) >= 11 is 0. The summed E-state index contributed by atoms with van der Waals surface area (Å²) in [6.07, 6.45) is -1.44. The molecule has 2 atom stereocenters. The third kappa shape index (κ3) is 10.1. The van der Waals surface area contributed by atoms with E-state index in [1.165, 1.54) is 12.2 Å². The number of ether oxygens (including phenoxy) is 2. The monoisotopic (exact) mass is 332 g/mol. The van der Waals surface area contributed by atoms with Gasteiger partial charge in [0.1, 0.15) is 6.61 Å². The first-order valence-electron chi connectivity index (χ1n) is 7.37. The van der Waals surface area contributed by atoms with Gasteiger partial charge in [-0.2, -0.15) is 0 Å². The molecular formula is C14H25BO8. The number of carbonyl (C=O) groups excluding carboxylic acids is 2. The van der Waals surface area contributed by atoms with E-state index in [0.717, 1.165) is 0 Å². The molecule has 0 rings (SSSR count). The lowest BCUT2D eigenvalue weighted by atomic mass is 9.85. The highest BCUT2D eigenvalue weighted by atomic mass is 16.6. The molecule has 0 aromatic heterocycles. The second kappa shape index (κ2) is 11.2. The van der Waals surface area contributed by atoms with Crippen LogP contribution in [-0.2, 0) is 23.7 Å². The zero-order chi connectivity index (χ0) is 18.0. The molecule has 0 aromatic carbocycles. The molecule has 0 aliphatic carbocycles. The van der Waals surface area contributed by atoms with Gasteiger partial charge in [-0.15, -0.1) is 0 Å². The van der Waals surface area contributed by atoms with Crippen molar-refractivity contribution >= 4 is 19.1 Å². The van der Waals surface area contributed by atoms with Crippen LogP contribution in [0.25, 0.3) is 0 Å². The molecule has 0 saturated carbocycles. The Balaban J connectivity index is 4.11. The minimum atomic E-state index is -2.02. The highest BCUT2D eigenvalue weighted by Crippen LogP contribution is 2.03. The molecule has 0 aliphatic heterocycles. The fraction of sp³-hybridized carbons (Fsp3) is 0.714. The van der Waals surface area contributed by atoms with Gasteiger partial charge in [0.2, 0.25) is 0 Å². The fourth-order valence-corrected chi connectivity index (χ4v) is 1.43. The van der Waals surface area contributed by atoms with Crippen molar-refractivity contribution < 1.29 is 39.0 Å². The van der Waals surface area contributed by atoms with Gasteiger partial charge in [0.15, 0.2) is 12.2 Å². The van der Waals surface area contributed by atoms with E-state index >= 15 is 0 Å². The highest BCUT2D eigenvalue weighted by molar-refractivity contribution is 6.43. The van der Waals surface area contributed by atoms with Crippen molar-refractivity contribution in [3.63, 3.8) is 0 Å². The van der Waals surface area contributed by atoms with Crippen LogP contribution in [0.1, 0.15) is 27.7 Å². The van der Waals surface area contributed by atoms with Gasteiger partial charge < -0.3 is 29.4 Å². The number of esters is 2. The zero-order valence-electron chi connectivity index (χ0n) is 13.8. The first-order valence-corrected chi connectivity index (χ1v) is 7.37. The number of carbonyl (C=O) groups is 2. The van der Waals surface area contributed by atoms with Crippen molar-refractivity contribution in [2.75, 3.05) is 6.61 Å². The minimum Gasteiger partial charge on any atom is -0.461 e. The number of aliphatic hydroxyl groups excluding tert-OH is 2. The molecule has 0 bridgehead atoms. The second-order valence-electron chi connectivity index (χ2n) is 5.35. The molecule has 0 spiro atoms. The van der Waals surface area contributed by atoms with E-state index in [9.17, 15) is 24.8 Å². The summed E-state index contributed by atoms with van der Waals surface area (Å²) in [6, 6.07) is 0. The van der Waals surface area contributed by atoms with Crippen molar-refractivity contribution in [3.8, 4) is 0 Å². The van der Waals surface area contributed by atoms with Crippen LogP contribution in [0.3, 0.4) is 0 Å². The number of allylic oxidation sites excluding steroid dienone is 1. The van der Waals surface area contributed by atoms with E-state index in [1.54, 1.807) is 27.7 Å². The standard InChI is InChI=1S/C14H25BO8/c1-9(2)22-14(19)12(17)11(16)13(18)21-8-6-5-7-15(20)23-10(3)4/h5-6,9-12,16-17,20H,7-8H2,1-4H3/t11-,12-/m1/s1. The third-order valence-electron chi connectivity index (χ3n) is 2.39. The Morgan fingerprint density at radius 1 is 1.00 bits per heavy atom. The molecule has 3 N–H and O–H groups in total. The molecule has 8 nitrogen and oxygen atoms in total. The summed E-state index contributed by atoms with van der Waals surface area (Å²) in [5.74, 6) is -2.25. The average molecular weight is 332 g/mol. The third-order valence-corrected chi connectivity index (χ3v) is 2.39. The molecule has 132 valence electrons. The maximum absolute atomic E-state index is 11.5. The molecule has 0 amide bonds. The minimum absolute atomic E-state index is 0.113. The van der Waals surface area contributed by atoms with Crippen LogP contribution in [0, 0.1) is 0 Å². The molecule has 9 heteroatoms. The van der Waals surface area contributed by atoms with Crippen LogP contribution < -0.4 is 0 Å². The quantitative estimate of drug-likeness (QED) is 0.282. The van der Waals surface area contributed by atoms with E-state index in [-0.39, 0.29) is 19.0 Å². The summed E-state index contributed by atoms with van der Waals surface area (Å²) in [5, 5.41) is 28.4. The molecule has 0 fully saturated rings. The summed E-state index contributed by atoms with van der Waals surface area (Å²) in [6.45, 7) is 6.52. The Hall–Kier alpha value is -1.42. The van der Waals surface area contributed by atoms with Crippen LogP contribution in [-0.4, -0.2) is 65.3 Å². The lowest BCUT2D eigenvalue weighted by Crippen LogP contribution is -2.42. The first kappa shape index (κ1) is 21.6. The topological polar surface area (TPSA) is 123 Å². The van der Waals surface area contributed by atoms with Crippen molar-refractivity contribution in [3.05, 3.63) is 12.2 Å². The van der Waals surface area contributed by atoms with Gasteiger partial charge in [0.25, 0.3) is 0 Å². The summed E-state index contributed by atoms with van der Waals surface area (Å²) < 4.78 is 14.4. The molecule has 0 unspecified atom stereocenters. The number of aliphatic hydroxyl groups is 2. The highest BCUT2D eigenvalue weighted by Gasteiger charge is 2.33. The molecule has 0 saturated heterocycles. The lowest BCUT2D eigenvalue weighted by molar-refractivity contribution is -0.174. The maximum Gasteiger partial charge on any atom is 0.458 e. The Morgan fingerprint density at radius 3 is 2.09 bits per heavy atom. The van der Waals surface area contributed by atoms with Gasteiger partial charge in [0.05, 0.1) is 6.10 Å². The predicted molar refractivity (Wildman–Crippen MR) is 82.3 cm³/mol. The van der Waals surface area contributed by atoms with E-state index in [1.807, 2.05) is 0 Å².